The summed E-state index contributed by atoms with van der Waals surface area (Å²) < 4.78 is 6.10. The molecule has 0 aliphatic carbocycles. The lowest BCUT2D eigenvalue weighted by molar-refractivity contribution is 0.0990. The van der Waals surface area contributed by atoms with E-state index in [9.17, 15) is 4.79 Å². The predicted molar refractivity (Wildman–Crippen MR) is 73.0 cm³/mol. The number of carbonyl (C=O) groups is 1. The van der Waals surface area contributed by atoms with E-state index in [-0.39, 0.29) is 5.78 Å². The Balaban J connectivity index is 2.22. The predicted octanol–water partition coefficient (Wildman–Crippen LogP) is 3.28. The second-order valence-electron chi connectivity index (χ2n) is 3.81. The lowest BCUT2D eigenvalue weighted by atomic mass is 10.0. The Kier molecular flexibility index (Phi) is 4.10. The standard InChI is InChI=1S/C14H12BrNO2/c1-18-14-9-16-6-5-12(14)13(17)8-10-3-2-4-11(15)7-10/h2-7,9H,8H2,1H3. The number of methoxy groups -OCH3 is 1. The van der Waals surface area contributed by atoms with Crippen molar-refractivity contribution in [1.29, 1.82) is 0 Å². The molecule has 0 aliphatic heterocycles. The van der Waals surface area contributed by atoms with Gasteiger partial charge in [-0.25, -0.2) is 0 Å². The van der Waals surface area contributed by atoms with E-state index >= 15 is 0 Å². The van der Waals surface area contributed by atoms with Gasteiger partial charge in [0.2, 0.25) is 0 Å². The van der Waals surface area contributed by atoms with Crippen molar-refractivity contribution >= 4 is 21.7 Å². The summed E-state index contributed by atoms with van der Waals surface area (Å²) in [5.74, 6) is 0.532. The van der Waals surface area contributed by atoms with Gasteiger partial charge in [0.05, 0.1) is 18.9 Å². The Hall–Kier alpha value is -1.68. The number of rotatable bonds is 4. The van der Waals surface area contributed by atoms with Crippen molar-refractivity contribution in [3.63, 3.8) is 0 Å². The first-order valence-corrected chi connectivity index (χ1v) is 6.25. The summed E-state index contributed by atoms with van der Waals surface area (Å²) in [6.45, 7) is 0. The number of ether oxygens (including phenoxy) is 1. The van der Waals surface area contributed by atoms with Crippen LogP contribution in [-0.4, -0.2) is 17.9 Å². The van der Waals surface area contributed by atoms with Crippen LogP contribution in [0.1, 0.15) is 15.9 Å². The van der Waals surface area contributed by atoms with Crippen molar-refractivity contribution in [2.75, 3.05) is 7.11 Å². The van der Waals surface area contributed by atoms with Crippen molar-refractivity contribution in [3.05, 3.63) is 58.3 Å². The second-order valence-corrected chi connectivity index (χ2v) is 4.72. The average Bonchev–Trinajstić information content (AvgIpc) is 2.38. The molecule has 2 rings (SSSR count). The third-order valence-electron chi connectivity index (χ3n) is 2.56. The van der Waals surface area contributed by atoms with Crippen molar-refractivity contribution in [3.8, 4) is 5.75 Å². The molecule has 0 spiro atoms. The molecule has 0 bridgehead atoms. The highest BCUT2D eigenvalue weighted by Crippen LogP contribution is 2.19. The zero-order valence-corrected chi connectivity index (χ0v) is 11.5. The molecule has 0 radical (unpaired) electrons. The SMILES string of the molecule is COc1cnccc1C(=O)Cc1cccc(Br)c1. The molecule has 0 amide bonds. The van der Waals surface area contributed by atoms with E-state index in [4.69, 9.17) is 4.74 Å². The highest BCUT2D eigenvalue weighted by Gasteiger charge is 2.12. The van der Waals surface area contributed by atoms with Crippen LogP contribution in [0, 0.1) is 0 Å². The lowest BCUT2D eigenvalue weighted by Gasteiger charge is -2.06. The fourth-order valence-corrected chi connectivity index (χ4v) is 2.15. The molecule has 2 aromatic rings. The number of nitrogens with zero attached hydrogens (tertiary/aromatic N) is 1. The summed E-state index contributed by atoms with van der Waals surface area (Å²) in [4.78, 5) is 16.1. The van der Waals surface area contributed by atoms with Crippen molar-refractivity contribution in [1.82, 2.24) is 4.98 Å². The number of Topliss-reactive ketones (excluding diaryl/α,β-unsaturated/α-hetero) is 1. The van der Waals surface area contributed by atoms with Gasteiger partial charge in [-0.3, -0.25) is 9.78 Å². The summed E-state index contributed by atoms with van der Waals surface area (Å²) in [7, 11) is 1.53. The summed E-state index contributed by atoms with van der Waals surface area (Å²) >= 11 is 3.39. The Morgan fingerprint density at radius 2 is 2.22 bits per heavy atom. The van der Waals surface area contributed by atoms with Gasteiger partial charge in [-0.15, -0.1) is 0 Å². The van der Waals surface area contributed by atoms with Crippen LogP contribution < -0.4 is 4.74 Å². The number of benzene rings is 1. The molecule has 0 atom stereocenters. The zero-order valence-electron chi connectivity index (χ0n) is 9.89. The largest absolute Gasteiger partial charge is 0.494 e. The monoisotopic (exact) mass is 305 g/mol. The molecule has 18 heavy (non-hydrogen) atoms. The first-order chi connectivity index (χ1) is 8.70. The molecule has 4 heteroatoms. The van der Waals surface area contributed by atoms with Gasteiger partial charge in [0.15, 0.2) is 5.78 Å². The zero-order chi connectivity index (χ0) is 13.0. The fraction of sp³-hybridized carbons (Fsp3) is 0.143. The molecule has 1 aromatic carbocycles. The molecule has 0 saturated heterocycles. The number of ketones is 1. The topological polar surface area (TPSA) is 39.2 Å². The number of pyridine rings is 1. The lowest BCUT2D eigenvalue weighted by Crippen LogP contribution is -2.06. The molecule has 0 unspecified atom stereocenters. The minimum atomic E-state index is 0.0207. The van der Waals surface area contributed by atoms with E-state index in [2.05, 4.69) is 20.9 Å². The van der Waals surface area contributed by atoms with Gasteiger partial charge in [0.1, 0.15) is 5.75 Å². The molecule has 1 heterocycles. The van der Waals surface area contributed by atoms with Gasteiger partial charge in [0.25, 0.3) is 0 Å². The third-order valence-corrected chi connectivity index (χ3v) is 3.05. The second kappa shape index (κ2) is 5.78. The fourth-order valence-electron chi connectivity index (χ4n) is 1.70. The van der Waals surface area contributed by atoms with Crippen LogP contribution in [0.2, 0.25) is 0 Å². The maximum atomic E-state index is 12.2. The molecule has 0 saturated carbocycles. The van der Waals surface area contributed by atoms with Crippen molar-refractivity contribution < 1.29 is 9.53 Å². The van der Waals surface area contributed by atoms with Crippen LogP contribution >= 0.6 is 15.9 Å². The van der Waals surface area contributed by atoms with Crippen LogP contribution in [0.5, 0.6) is 5.75 Å². The van der Waals surface area contributed by atoms with Crippen LogP contribution in [0.25, 0.3) is 0 Å². The summed E-state index contributed by atoms with van der Waals surface area (Å²) in [6.07, 6.45) is 3.49. The highest BCUT2D eigenvalue weighted by atomic mass is 79.9. The number of hydrogen-bond donors (Lipinski definition) is 0. The summed E-state index contributed by atoms with van der Waals surface area (Å²) in [5, 5.41) is 0. The Bertz CT molecular complexity index is 569. The third kappa shape index (κ3) is 2.96. The van der Waals surface area contributed by atoms with E-state index in [1.54, 1.807) is 18.5 Å². The van der Waals surface area contributed by atoms with Crippen LogP contribution in [-0.2, 0) is 6.42 Å². The Morgan fingerprint density at radius 1 is 1.39 bits per heavy atom. The van der Waals surface area contributed by atoms with E-state index in [0.29, 0.717) is 17.7 Å². The van der Waals surface area contributed by atoms with Crippen molar-refractivity contribution in [2.45, 2.75) is 6.42 Å². The first-order valence-electron chi connectivity index (χ1n) is 5.46. The van der Waals surface area contributed by atoms with Crippen LogP contribution in [0.4, 0.5) is 0 Å². The molecule has 0 aliphatic rings. The molecule has 1 aromatic heterocycles. The van der Waals surface area contributed by atoms with Crippen molar-refractivity contribution in [2.24, 2.45) is 0 Å². The number of aromatic nitrogens is 1. The molecular weight excluding hydrogens is 294 g/mol. The maximum absolute atomic E-state index is 12.2. The average molecular weight is 306 g/mol. The van der Waals surface area contributed by atoms with Gasteiger partial charge < -0.3 is 4.74 Å². The Labute approximate surface area is 114 Å². The van der Waals surface area contributed by atoms with Gasteiger partial charge in [-0.05, 0) is 23.8 Å². The van der Waals surface area contributed by atoms with E-state index in [1.165, 1.54) is 7.11 Å². The van der Waals surface area contributed by atoms with Gasteiger partial charge in [-0.1, -0.05) is 28.1 Å². The Morgan fingerprint density at radius 3 is 2.94 bits per heavy atom. The smallest absolute Gasteiger partial charge is 0.171 e. The number of hydrogen-bond acceptors (Lipinski definition) is 3. The minimum absolute atomic E-state index is 0.0207. The highest BCUT2D eigenvalue weighted by molar-refractivity contribution is 9.10. The number of halogens is 1. The van der Waals surface area contributed by atoms with Gasteiger partial charge in [-0.2, -0.15) is 0 Å². The first kappa shape index (κ1) is 12.8. The molecular formula is C14H12BrNO2. The normalized spacial score (nSPS) is 10.1. The van der Waals surface area contributed by atoms with E-state index in [0.717, 1.165) is 10.0 Å². The van der Waals surface area contributed by atoms with Gasteiger partial charge in [0, 0.05) is 17.1 Å². The summed E-state index contributed by atoms with van der Waals surface area (Å²) in [6, 6.07) is 9.39. The minimum Gasteiger partial charge on any atom is -0.494 e. The van der Waals surface area contributed by atoms with E-state index in [1.807, 2.05) is 24.3 Å². The molecule has 0 N–H and O–H groups in total. The van der Waals surface area contributed by atoms with Gasteiger partial charge >= 0.3 is 0 Å². The quantitative estimate of drug-likeness (QED) is 0.814. The molecule has 92 valence electrons. The van der Waals surface area contributed by atoms with Crippen LogP contribution in [0.3, 0.4) is 0 Å². The summed E-state index contributed by atoms with van der Waals surface area (Å²) in [5.41, 5.74) is 1.53. The maximum Gasteiger partial charge on any atom is 0.171 e. The molecule has 0 fully saturated rings. The number of carbonyl (C=O) groups excluding carboxylic acids is 1. The van der Waals surface area contributed by atoms with Crippen LogP contribution in [0.15, 0.2) is 47.2 Å². The molecule has 3 nitrogen and oxygen atoms in total. The van der Waals surface area contributed by atoms with E-state index < -0.39 is 0 Å².